The van der Waals surface area contributed by atoms with E-state index >= 15 is 0 Å². The van der Waals surface area contributed by atoms with Gasteiger partial charge in [0.15, 0.2) is 0 Å². The van der Waals surface area contributed by atoms with Crippen molar-refractivity contribution in [2.75, 3.05) is 18.4 Å². The van der Waals surface area contributed by atoms with Crippen molar-refractivity contribution in [1.29, 1.82) is 0 Å². The second-order valence-electron chi connectivity index (χ2n) is 6.21. The number of benzene rings is 1. The molecule has 1 amide bonds. The molecule has 116 valence electrons. The predicted molar refractivity (Wildman–Crippen MR) is 81.2 cm³/mol. The Bertz CT molecular complexity index is 511. The first-order valence-electron chi connectivity index (χ1n) is 6.93. The minimum Gasteiger partial charge on any atom is -0.444 e. The van der Waals surface area contributed by atoms with E-state index in [4.69, 9.17) is 16.3 Å². The van der Waals surface area contributed by atoms with Crippen molar-refractivity contribution >= 4 is 23.4 Å². The number of anilines is 1. The molecule has 6 heteroatoms. The van der Waals surface area contributed by atoms with Crippen molar-refractivity contribution in [2.24, 2.45) is 0 Å². The highest BCUT2D eigenvalue weighted by molar-refractivity contribution is 6.30. The molecule has 0 bridgehead atoms. The van der Waals surface area contributed by atoms with Crippen LogP contribution >= 0.6 is 11.6 Å². The molecule has 0 radical (unpaired) electrons. The summed E-state index contributed by atoms with van der Waals surface area (Å²) < 4.78 is 18.6. The largest absolute Gasteiger partial charge is 0.444 e. The van der Waals surface area contributed by atoms with E-state index in [2.05, 4.69) is 5.32 Å². The SMILES string of the molecule is CC(C)(C)OC(=O)N1CCC(Nc2cc(F)cc(Cl)c2)C1. The van der Waals surface area contributed by atoms with Gasteiger partial charge < -0.3 is 15.0 Å². The molecule has 1 fully saturated rings. The quantitative estimate of drug-likeness (QED) is 0.900. The van der Waals surface area contributed by atoms with E-state index < -0.39 is 5.60 Å². The molecule has 2 rings (SSSR count). The van der Waals surface area contributed by atoms with Gasteiger partial charge in [0.05, 0.1) is 0 Å². The van der Waals surface area contributed by atoms with E-state index in [1.165, 1.54) is 12.1 Å². The first-order valence-corrected chi connectivity index (χ1v) is 7.31. The van der Waals surface area contributed by atoms with Gasteiger partial charge in [-0.1, -0.05) is 11.6 Å². The Labute approximate surface area is 129 Å². The van der Waals surface area contributed by atoms with Gasteiger partial charge in [-0.2, -0.15) is 0 Å². The molecule has 0 aromatic heterocycles. The van der Waals surface area contributed by atoms with Crippen molar-refractivity contribution in [2.45, 2.75) is 38.8 Å². The van der Waals surface area contributed by atoms with E-state index in [1.807, 2.05) is 20.8 Å². The fourth-order valence-corrected chi connectivity index (χ4v) is 2.47. The maximum atomic E-state index is 13.3. The van der Waals surface area contributed by atoms with Gasteiger partial charge in [0.2, 0.25) is 0 Å². The molecule has 1 aromatic carbocycles. The predicted octanol–water partition coefficient (Wildman–Crippen LogP) is 3.90. The van der Waals surface area contributed by atoms with Crippen LogP contribution in [0.4, 0.5) is 14.9 Å². The van der Waals surface area contributed by atoms with Crippen LogP contribution in [0.3, 0.4) is 0 Å². The van der Waals surface area contributed by atoms with Gasteiger partial charge >= 0.3 is 6.09 Å². The first-order chi connectivity index (χ1) is 9.73. The van der Waals surface area contributed by atoms with Gasteiger partial charge in [0, 0.05) is 29.8 Å². The summed E-state index contributed by atoms with van der Waals surface area (Å²) in [5, 5.41) is 3.54. The molecule has 1 saturated heterocycles. The Morgan fingerprint density at radius 2 is 2.14 bits per heavy atom. The Balaban J connectivity index is 1.92. The normalized spacial score (nSPS) is 18.7. The third kappa shape index (κ3) is 4.77. The van der Waals surface area contributed by atoms with Gasteiger partial charge in [-0.05, 0) is 45.4 Å². The number of ether oxygens (including phenoxy) is 1. The van der Waals surface area contributed by atoms with Gasteiger partial charge in [0.1, 0.15) is 11.4 Å². The van der Waals surface area contributed by atoms with Crippen molar-refractivity contribution < 1.29 is 13.9 Å². The molecule has 1 aliphatic heterocycles. The number of amides is 1. The molecular weight excluding hydrogens is 295 g/mol. The Kier molecular flexibility index (Phi) is 4.61. The molecular formula is C15H20ClFN2O2. The number of nitrogens with zero attached hydrogens (tertiary/aromatic N) is 1. The first kappa shape index (κ1) is 15.9. The highest BCUT2D eigenvalue weighted by Crippen LogP contribution is 2.22. The van der Waals surface area contributed by atoms with Crippen LogP contribution in [0.25, 0.3) is 0 Å². The molecule has 1 aliphatic rings. The zero-order valence-corrected chi connectivity index (χ0v) is 13.2. The van der Waals surface area contributed by atoms with Crippen LogP contribution in [0.2, 0.25) is 5.02 Å². The van der Waals surface area contributed by atoms with Gasteiger partial charge in [-0.15, -0.1) is 0 Å². The second kappa shape index (κ2) is 6.10. The van der Waals surface area contributed by atoms with Crippen LogP contribution < -0.4 is 5.32 Å². The van der Waals surface area contributed by atoms with Crippen LogP contribution in [-0.2, 0) is 4.74 Å². The van der Waals surface area contributed by atoms with E-state index in [1.54, 1.807) is 11.0 Å². The number of likely N-dealkylation sites (tertiary alicyclic amines) is 1. The number of rotatable bonds is 2. The molecule has 1 unspecified atom stereocenters. The van der Waals surface area contributed by atoms with Crippen molar-refractivity contribution in [3.05, 3.63) is 29.0 Å². The van der Waals surface area contributed by atoms with Crippen LogP contribution in [0.5, 0.6) is 0 Å². The summed E-state index contributed by atoms with van der Waals surface area (Å²) in [6.07, 6.45) is 0.469. The smallest absolute Gasteiger partial charge is 0.410 e. The average molecular weight is 315 g/mol. The summed E-state index contributed by atoms with van der Waals surface area (Å²) >= 11 is 5.82. The molecule has 1 atom stereocenters. The fourth-order valence-electron chi connectivity index (χ4n) is 2.24. The molecule has 1 N–H and O–H groups in total. The van der Waals surface area contributed by atoms with Crippen molar-refractivity contribution in [3.63, 3.8) is 0 Å². The van der Waals surface area contributed by atoms with Crippen LogP contribution in [0.15, 0.2) is 18.2 Å². The summed E-state index contributed by atoms with van der Waals surface area (Å²) in [5.41, 5.74) is 0.120. The zero-order valence-electron chi connectivity index (χ0n) is 12.5. The molecule has 0 saturated carbocycles. The monoisotopic (exact) mass is 314 g/mol. The average Bonchev–Trinajstić information content (AvgIpc) is 2.73. The molecule has 1 heterocycles. The van der Waals surface area contributed by atoms with Crippen molar-refractivity contribution in [3.8, 4) is 0 Å². The number of carbonyl (C=O) groups excluding carboxylic acids is 1. The third-order valence-electron chi connectivity index (χ3n) is 3.07. The molecule has 21 heavy (non-hydrogen) atoms. The van der Waals surface area contributed by atoms with Crippen LogP contribution in [-0.4, -0.2) is 35.7 Å². The van der Waals surface area contributed by atoms with Crippen LogP contribution in [0, 0.1) is 5.82 Å². The molecule has 4 nitrogen and oxygen atoms in total. The lowest BCUT2D eigenvalue weighted by Crippen LogP contribution is -2.36. The summed E-state index contributed by atoms with van der Waals surface area (Å²) in [6.45, 7) is 6.67. The fraction of sp³-hybridized carbons (Fsp3) is 0.533. The number of nitrogens with one attached hydrogen (secondary N) is 1. The lowest BCUT2D eigenvalue weighted by atomic mass is 10.2. The number of carbonyl (C=O) groups is 1. The third-order valence-corrected chi connectivity index (χ3v) is 3.29. The summed E-state index contributed by atoms with van der Waals surface area (Å²) in [5.74, 6) is -0.382. The maximum Gasteiger partial charge on any atom is 0.410 e. The highest BCUT2D eigenvalue weighted by Gasteiger charge is 2.29. The summed E-state index contributed by atoms with van der Waals surface area (Å²) in [4.78, 5) is 13.6. The number of hydrogen-bond donors (Lipinski definition) is 1. The Hall–Kier alpha value is -1.49. The summed E-state index contributed by atoms with van der Waals surface area (Å²) in [7, 11) is 0. The zero-order chi connectivity index (χ0) is 15.6. The number of halogens is 2. The molecule has 0 spiro atoms. The standard InChI is InChI=1S/C15H20ClFN2O2/c1-15(2,3)21-14(20)19-5-4-12(9-19)18-13-7-10(16)6-11(17)8-13/h6-8,12,18H,4-5,9H2,1-3H3. The number of hydrogen-bond acceptors (Lipinski definition) is 3. The topological polar surface area (TPSA) is 41.6 Å². The lowest BCUT2D eigenvalue weighted by molar-refractivity contribution is 0.0293. The van der Waals surface area contributed by atoms with E-state index in [9.17, 15) is 9.18 Å². The maximum absolute atomic E-state index is 13.3. The van der Waals surface area contributed by atoms with Gasteiger partial charge in [-0.3, -0.25) is 0 Å². The Morgan fingerprint density at radius 3 is 2.76 bits per heavy atom. The minimum absolute atomic E-state index is 0.0652. The van der Waals surface area contributed by atoms with Gasteiger partial charge in [0.25, 0.3) is 0 Å². The molecule has 0 aliphatic carbocycles. The lowest BCUT2D eigenvalue weighted by Gasteiger charge is -2.24. The Morgan fingerprint density at radius 1 is 1.43 bits per heavy atom. The van der Waals surface area contributed by atoms with E-state index in [0.29, 0.717) is 23.8 Å². The van der Waals surface area contributed by atoms with E-state index in [-0.39, 0.29) is 18.0 Å². The van der Waals surface area contributed by atoms with E-state index in [0.717, 1.165) is 6.42 Å². The molecule has 1 aromatic rings. The van der Waals surface area contributed by atoms with Gasteiger partial charge in [-0.25, -0.2) is 9.18 Å². The second-order valence-corrected chi connectivity index (χ2v) is 6.65. The highest BCUT2D eigenvalue weighted by atomic mass is 35.5. The summed E-state index contributed by atoms with van der Waals surface area (Å²) in [6, 6.07) is 4.38. The van der Waals surface area contributed by atoms with Crippen LogP contribution in [0.1, 0.15) is 27.2 Å². The van der Waals surface area contributed by atoms with Crippen molar-refractivity contribution in [1.82, 2.24) is 4.90 Å². The minimum atomic E-state index is -0.501.